The van der Waals surface area contributed by atoms with Crippen molar-refractivity contribution in [2.24, 2.45) is 0 Å². The van der Waals surface area contributed by atoms with E-state index in [1.165, 1.54) is 4.68 Å². The van der Waals surface area contributed by atoms with Crippen LogP contribution in [0.4, 0.5) is 0 Å². The maximum absolute atomic E-state index is 11.6. The molecule has 3 nitrogen and oxygen atoms in total. The lowest BCUT2D eigenvalue weighted by Gasteiger charge is -2.07. The zero-order valence-electron chi connectivity index (χ0n) is 8.54. The lowest BCUT2D eigenvalue weighted by Crippen LogP contribution is -2.15. The highest BCUT2D eigenvalue weighted by atomic mass is 35.5. The van der Waals surface area contributed by atoms with E-state index >= 15 is 0 Å². The van der Waals surface area contributed by atoms with E-state index in [0.29, 0.717) is 5.02 Å². The van der Waals surface area contributed by atoms with Crippen molar-refractivity contribution >= 4 is 11.6 Å². The van der Waals surface area contributed by atoms with Crippen molar-refractivity contribution in [1.82, 2.24) is 9.78 Å². The zero-order chi connectivity index (χ0) is 11.0. The molecular formula is C11H11ClN2O. The first-order chi connectivity index (χ1) is 7.09. The first-order valence-corrected chi connectivity index (χ1v) is 5.01. The van der Waals surface area contributed by atoms with Crippen LogP contribution in [0.3, 0.4) is 0 Å². The maximum Gasteiger partial charge on any atom is 0.271 e. The van der Waals surface area contributed by atoms with Crippen LogP contribution in [0.25, 0.3) is 5.69 Å². The normalized spacial score (nSPS) is 10.6. The van der Waals surface area contributed by atoms with Crippen molar-refractivity contribution < 1.29 is 0 Å². The summed E-state index contributed by atoms with van der Waals surface area (Å²) in [7, 11) is 0. The highest BCUT2D eigenvalue weighted by molar-refractivity contribution is 6.32. The molecule has 0 spiro atoms. The maximum atomic E-state index is 11.6. The summed E-state index contributed by atoms with van der Waals surface area (Å²) in [6.45, 7) is 3.76. The van der Waals surface area contributed by atoms with Crippen molar-refractivity contribution in [3.63, 3.8) is 0 Å². The highest BCUT2D eigenvalue weighted by Gasteiger charge is 2.09. The van der Waals surface area contributed by atoms with E-state index in [-0.39, 0.29) is 5.56 Å². The monoisotopic (exact) mass is 222 g/mol. The average Bonchev–Trinajstić information content (AvgIpc) is 2.45. The number of aryl methyl sites for hydroxylation is 2. The minimum Gasteiger partial charge on any atom is -0.295 e. The molecule has 0 aliphatic rings. The molecule has 1 aromatic heterocycles. The summed E-state index contributed by atoms with van der Waals surface area (Å²) in [6.07, 6.45) is 0. The molecule has 0 saturated carbocycles. The number of aromatic amines is 1. The van der Waals surface area contributed by atoms with Crippen LogP contribution in [0.1, 0.15) is 11.3 Å². The van der Waals surface area contributed by atoms with Gasteiger partial charge in [-0.1, -0.05) is 23.7 Å². The number of nitrogens with one attached hydrogen (secondary N) is 1. The van der Waals surface area contributed by atoms with Crippen LogP contribution >= 0.6 is 11.6 Å². The van der Waals surface area contributed by atoms with E-state index in [4.69, 9.17) is 11.6 Å². The number of halogens is 1. The van der Waals surface area contributed by atoms with Gasteiger partial charge in [-0.25, -0.2) is 4.68 Å². The molecule has 78 valence electrons. The molecule has 2 aromatic rings. The Kier molecular flexibility index (Phi) is 2.40. The van der Waals surface area contributed by atoms with Gasteiger partial charge in [0, 0.05) is 11.8 Å². The van der Waals surface area contributed by atoms with Crippen molar-refractivity contribution in [2.75, 3.05) is 0 Å². The molecule has 0 saturated heterocycles. The molecule has 0 atom stereocenters. The van der Waals surface area contributed by atoms with Gasteiger partial charge in [0.25, 0.3) is 5.56 Å². The molecule has 0 amide bonds. The van der Waals surface area contributed by atoms with Crippen LogP contribution < -0.4 is 5.56 Å². The Hall–Kier alpha value is -1.48. The zero-order valence-corrected chi connectivity index (χ0v) is 9.30. The molecule has 4 heteroatoms. The SMILES string of the molecule is Cc1cc(=O)n(-c2c(C)cccc2Cl)[nH]1. The molecule has 0 unspecified atom stereocenters. The second-order valence-electron chi connectivity index (χ2n) is 3.52. The summed E-state index contributed by atoms with van der Waals surface area (Å²) in [4.78, 5) is 11.6. The van der Waals surface area contributed by atoms with E-state index in [0.717, 1.165) is 16.9 Å². The van der Waals surface area contributed by atoms with Gasteiger partial charge in [0.2, 0.25) is 0 Å². The number of para-hydroxylation sites is 1. The summed E-state index contributed by atoms with van der Waals surface area (Å²) < 4.78 is 1.47. The van der Waals surface area contributed by atoms with Gasteiger partial charge in [-0.3, -0.25) is 9.89 Å². The third kappa shape index (κ3) is 1.70. The molecular weight excluding hydrogens is 212 g/mol. The first-order valence-electron chi connectivity index (χ1n) is 4.64. The van der Waals surface area contributed by atoms with Gasteiger partial charge in [-0.05, 0) is 25.5 Å². The van der Waals surface area contributed by atoms with Crippen LogP contribution in [0.5, 0.6) is 0 Å². The second-order valence-corrected chi connectivity index (χ2v) is 3.93. The molecule has 1 heterocycles. The number of rotatable bonds is 1. The molecule has 1 aromatic carbocycles. The Balaban J connectivity index is 2.74. The van der Waals surface area contributed by atoms with Crippen molar-refractivity contribution in [1.29, 1.82) is 0 Å². The fourth-order valence-corrected chi connectivity index (χ4v) is 1.89. The Morgan fingerprint density at radius 1 is 1.33 bits per heavy atom. The van der Waals surface area contributed by atoms with Crippen LogP contribution in [0.15, 0.2) is 29.1 Å². The molecule has 1 N–H and O–H groups in total. The number of H-pyrrole nitrogens is 1. The molecule has 0 aliphatic heterocycles. The predicted octanol–water partition coefficient (Wildman–Crippen LogP) is 2.44. The smallest absolute Gasteiger partial charge is 0.271 e. The molecule has 15 heavy (non-hydrogen) atoms. The van der Waals surface area contributed by atoms with Crippen LogP contribution in [-0.2, 0) is 0 Å². The van der Waals surface area contributed by atoms with Crippen molar-refractivity contribution in [2.45, 2.75) is 13.8 Å². The number of nitrogens with zero attached hydrogens (tertiary/aromatic N) is 1. The average molecular weight is 223 g/mol. The number of aromatic nitrogens is 2. The number of benzene rings is 1. The Morgan fingerprint density at radius 2 is 2.07 bits per heavy atom. The molecule has 0 fully saturated rings. The molecule has 0 radical (unpaired) electrons. The topological polar surface area (TPSA) is 37.8 Å². The standard InChI is InChI=1S/C11H11ClN2O/c1-7-4-3-5-9(12)11(7)14-10(15)6-8(2)13-14/h3-6,13H,1-2H3. The van der Waals surface area contributed by atoms with Crippen molar-refractivity contribution in [3.8, 4) is 5.69 Å². The van der Waals surface area contributed by atoms with Crippen LogP contribution in [-0.4, -0.2) is 9.78 Å². The summed E-state index contributed by atoms with van der Waals surface area (Å²) >= 11 is 6.07. The van der Waals surface area contributed by atoms with Crippen molar-refractivity contribution in [3.05, 3.63) is 50.9 Å². The molecule has 0 bridgehead atoms. The van der Waals surface area contributed by atoms with Gasteiger partial charge in [0.05, 0.1) is 10.7 Å². The van der Waals surface area contributed by atoms with Gasteiger partial charge in [0.1, 0.15) is 0 Å². The number of hydrogen-bond acceptors (Lipinski definition) is 1. The summed E-state index contributed by atoms with van der Waals surface area (Å²) in [5, 5.41) is 3.53. The highest BCUT2D eigenvalue weighted by Crippen LogP contribution is 2.21. The lowest BCUT2D eigenvalue weighted by atomic mass is 10.2. The lowest BCUT2D eigenvalue weighted by molar-refractivity contribution is 0.829. The van der Waals surface area contributed by atoms with Gasteiger partial charge < -0.3 is 0 Å². The first kappa shape index (κ1) is 10.1. The van der Waals surface area contributed by atoms with Gasteiger partial charge in [0.15, 0.2) is 0 Å². The molecule has 0 aliphatic carbocycles. The Morgan fingerprint density at radius 3 is 2.60 bits per heavy atom. The van der Waals surface area contributed by atoms with Gasteiger partial charge in [-0.15, -0.1) is 0 Å². The summed E-state index contributed by atoms with van der Waals surface area (Å²) in [5.41, 5.74) is 2.41. The van der Waals surface area contributed by atoms with Crippen LogP contribution in [0.2, 0.25) is 5.02 Å². The minimum absolute atomic E-state index is 0.0938. The van der Waals surface area contributed by atoms with Gasteiger partial charge in [-0.2, -0.15) is 0 Å². The van der Waals surface area contributed by atoms with Crippen LogP contribution in [0, 0.1) is 13.8 Å². The third-order valence-electron chi connectivity index (χ3n) is 2.26. The minimum atomic E-state index is -0.0938. The summed E-state index contributed by atoms with van der Waals surface area (Å²) in [5.74, 6) is 0. The predicted molar refractivity (Wildman–Crippen MR) is 60.9 cm³/mol. The van der Waals surface area contributed by atoms with E-state index in [1.807, 2.05) is 26.0 Å². The van der Waals surface area contributed by atoms with E-state index < -0.39 is 0 Å². The Labute approximate surface area is 92.3 Å². The summed E-state index contributed by atoms with van der Waals surface area (Å²) in [6, 6.07) is 7.10. The van der Waals surface area contributed by atoms with Gasteiger partial charge >= 0.3 is 0 Å². The molecule has 2 rings (SSSR count). The fraction of sp³-hybridized carbons (Fsp3) is 0.182. The Bertz CT molecular complexity index is 534. The number of hydrogen-bond donors (Lipinski definition) is 1. The third-order valence-corrected chi connectivity index (χ3v) is 2.57. The second kappa shape index (κ2) is 3.59. The quantitative estimate of drug-likeness (QED) is 0.791. The van der Waals surface area contributed by atoms with E-state index in [1.54, 1.807) is 12.1 Å². The fourth-order valence-electron chi connectivity index (χ4n) is 1.59. The largest absolute Gasteiger partial charge is 0.295 e. The van der Waals surface area contributed by atoms with E-state index in [2.05, 4.69) is 5.10 Å². The van der Waals surface area contributed by atoms with E-state index in [9.17, 15) is 4.79 Å².